The molecule has 0 heterocycles. The number of amides is 1. The monoisotopic (exact) mass is 341 g/mol. The molecular weight excluding hydrogens is 314 g/mol. The van der Waals surface area contributed by atoms with E-state index < -0.39 is 5.91 Å². The summed E-state index contributed by atoms with van der Waals surface area (Å²) in [6, 6.07) is 10.3. The molecule has 0 spiro atoms. The third-order valence-electron chi connectivity index (χ3n) is 4.67. The second-order valence-corrected chi connectivity index (χ2v) is 6.53. The van der Waals surface area contributed by atoms with Crippen molar-refractivity contribution in [2.24, 2.45) is 5.73 Å². The van der Waals surface area contributed by atoms with Gasteiger partial charge in [0.2, 0.25) is 5.91 Å². The maximum absolute atomic E-state index is 11.6. The molecule has 2 aromatic carbocycles. The van der Waals surface area contributed by atoms with E-state index in [-0.39, 0.29) is 11.5 Å². The van der Waals surface area contributed by atoms with Crippen molar-refractivity contribution in [3.05, 3.63) is 58.7 Å². The standard InChI is InChI=1S/C17H17NO3.C4H10/c18-17(21)16-9-14(20)7-12-2-1-11(8-15(12)16)10-3-5-13(19)6-4-10;1-3-4-2/h3-7,9,11,19-20H,1-2,8H2,(H2,18,21);3-4H2,1-2H3/t11-;/m0./s1. The van der Waals surface area contributed by atoms with Crippen LogP contribution in [0.1, 0.15) is 66.1 Å². The van der Waals surface area contributed by atoms with Crippen molar-refractivity contribution >= 4 is 5.91 Å². The topological polar surface area (TPSA) is 83.6 Å². The van der Waals surface area contributed by atoms with Crippen LogP contribution >= 0.6 is 0 Å². The van der Waals surface area contributed by atoms with Crippen LogP contribution in [0.2, 0.25) is 0 Å². The van der Waals surface area contributed by atoms with Gasteiger partial charge in [0.1, 0.15) is 11.5 Å². The lowest BCUT2D eigenvalue weighted by Gasteiger charge is -2.26. The van der Waals surface area contributed by atoms with E-state index in [0.29, 0.717) is 11.5 Å². The van der Waals surface area contributed by atoms with Crippen molar-refractivity contribution in [1.82, 2.24) is 0 Å². The zero-order chi connectivity index (χ0) is 18.4. The van der Waals surface area contributed by atoms with Gasteiger partial charge < -0.3 is 15.9 Å². The number of unbranched alkanes of at least 4 members (excludes halogenated alkanes) is 1. The van der Waals surface area contributed by atoms with Gasteiger partial charge in [-0.05, 0) is 66.1 Å². The summed E-state index contributed by atoms with van der Waals surface area (Å²) in [5.74, 6) is 0.123. The van der Waals surface area contributed by atoms with Crippen LogP contribution in [0.3, 0.4) is 0 Å². The summed E-state index contributed by atoms with van der Waals surface area (Å²) in [6.45, 7) is 4.36. The quantitative estimate of drug-likeness (QED) is 0.779. The predicted molar refractivity (Wildman–Crippen MR) is 100 cm³/mol. The first-order chi connectivity index (χ1) is 12.0. The third-order valence-corrected chi connectivity index (χ3v) is 4.67. The van der Waals surface area contributed by atoms with Gasteiger partial charge >= 0.3 is 0 Å². The average Bonchev–Trinajstić information content (AvgIpc) is 2.61. The first kappa shape index (κ1) is 18.8. The van der Waals surface area contributed by atoms with E-state index >= 15 is 0 Å². The number of aryl methyl sites for hydroxylation is 1. The molecule has 25 heavy (non-hydrogen) atoms. The molecule has 0 aliphatic heterocycles. The first-order valence-corrected chi connectivity index (χ1v) is 8.89. The molecule has 4 heteroatoms. The fourth-order valence-corrected chi connectivity index (χ4v) is 3.11. The van der Waals surface area contributed by atoms with E-state index in [2.05, 4.69) is 13.8 Å². The van der Waals surface area contributed by atoms with Crippen LogP contribution in [0.25, 0.3) is 0 Å². The molecule has 4 N–H and O–H groups in total. The Bertz CT molecular complexity index is 721. The number of nitrogens with two attached hydrogens (primary N) is 1. The smallest absolute Gasteiger partial charge is 0.249 e. The van der Waals surface area contributed by atoms with Gasteiger partial charge in [0.15, 0.2) is 0 Å². The SMILES string of the molecule is CCCC.NC(=O)c1cc(O)cc2c1C[C@@H](c1ccc(O)cc1)CC2. The highest BCUT2D eigenvalue weighted by Crippen LogP contribution is 2.36. The third kappa shape index (κ3) is 4.75. The van der Waals surface area contributed by atoms with Crippen molar-refractivity contribution < 1.29 is 15.0 Å². The van der Waals surface area contributed by atoms with Gasteiger partial charge in [-0.2, -0.15) is 0 Å². The number of carbonyl (C=O) groups excluding carboxylic acids is 1. The number of carbonyl (C=O) groups is 1. The molecule has 1 atom stereocenters. The summed E-state index contributed by atoms with van der Waals surface area (Å²) >= 11 is 0. The van der Waals surface area contributed by atoms with E-state index in [0.717, 1.165) is 36.0 Å². The second kappa shape index (κ2) is 8.56. The van der Waals surface area contributed by atoms with Crippen LogP contribution in [-0.4, -0.2) is 16.1 Å². The molecule has 2 aromatic rings. The van der Waals surface area contributed by atoms with Crippen molar-refractivity contribution in [2.75, 3.05) is 0 Å². The summed E-state index contributed by atoms with van der Waals surface area (Å²) in [7, 11) is 0. The summed E-state index contributed by atoms with van der Waals surface area (Å²) in [5, 5.41) is 19.1. The molecule has 0 fully saturated rings. The van der Waals surface area contributed by atoms with Crippen LogP contribution in [0, 0.1) is 0 Å². The fourth-order valence-electron chi connectivity index (χ4n) is 3.11. The zero-order valence-corrected chi connectivity index (χ0v) is 15.0. The van der Waals surface area contributed by atoms with Crippen LogP contribution in [0.15, 0.2) is 36.4 Å². The predicted octanol–water partition coefficient (Wildman–Crippen LogP) is 4.28. The number of benzene rings is 2. The molecular formula is C21H27NO3. The molecule has 1 aliphatic carbocycles. The van der Waals surface area contributed by atoms with E-state index in [4.69, 9.17) is 5.73 Å². The summed E-state index contributed by atoms with van der Waals surface area (Å²) in [6.07, 6.45) is 5.10. The maximum atomic E-state index is 11.6. The summed E-state index contributed by atoms with van der Waals surface area (Å²) in [4.78, 5) is 11.6. The Morgan fingerprint density at radius 3 is 2.28 bits per heavy atom. The molecule has 0 radical (unpaired) electrons. The molecule has 0 unspecified atom stereocenters. The minimum atomic E-state index is -0.506. The zero-order valence-electron chi connectivity index (χ0n) is 15.0. The minimum Gasteiger partial charge on any atom is -0.508 e. The summed E-state index contributed by atoms with van der Waals surface area (Å²) in [5.41, 5.74) is 8.91. The molecule has 1 aliphatic rings. The normalized spacial score (nSPS) is 15.7. The molecule has 134 valence electrons. The number of primary amides is 1. The molecule has 3 rings (SSSR count). The average molecular weight is 341 g/mol. The number of phenols is 2. The van der Waals surface area contributed by atoms with Crippen LogP contribution < -0.4 is 5.73 Å². The number of phenolic OH excluding ortho intramolecular Hbond substituents is 2. The maximum Gasteiger partial charge on any atom is 0.249 e. The second-order valence-electron chi connectivity index (χ2n) is 6.53. The Hall–Kier alpha value is -2.49. The highest BCUT2D eigenvalue weighted by atomic mass is 16.3. The Kier molecular flexibility index (Phi) is 6.45. The van der Waals surface area contributed by atoms with Gasteiger partial charge in [-0.1, -0.05) is 38.8 Å². The number of hydrogen-bond donors (Lipinski definition) is 3. The van der Waals surface area contributed by atoms with Gasteiger partial charge in [0, 0.05) is 5.56 Å². The molecule has 0 aromatic heterocycles. The van der Waals surface area contributed by atoms with Gasteiger partial charge in [-0.3, -0.25) is 4.79 Å². The molecule has 0 saturated heterocycles. The van der Waals surface area contributed by atoms with Crippen molar-refractivity contribution in [1.29, 1.82) is 0 Å². The van der Waals surface area contributed by atoms with E-state index in [9.17, 15) is 15.0 Å². The van der Waals surface area contributed by atoms with Crippen molar-refractivity contribution in [3.8, 4) is 11.5 Å². The summed E-state index contributed by atoms with van der Waals surface area (Å²) < 4.78 is 0. The van der Waals surface area contributed by atoms with Crippen molar-refractivity contribution in [2.45, 2.75) is 51.9 Å². The number of aromatic hydroxyl groups is 2. The fraction of sp³-hybridized carbons (Fsp3) is 0.381. The van der Waals surface area contributed by atoms with Gasteiger partial charge in [0.05, 0.1) is 0 Å². The molecule has 1 amide bonds. The number of hydrogen-bond acceptors (Lipinski definition) is 3. The van der Waals surface area contributed by atoms with E-state index in [1.807, 2.05) is 12.1 Å². The van der Waals surface area contributed by atoms with Crippen LogP contribution in [-0.2, 0) is 12.8 Å². The van der Waals surface area contributed by atoms with E-state index in [1.54, 1.807) is 18.2 Å². The van der Waals surface area contributed by atoms with E-state index in [1.165, 1.54) is 18.9 Å². The molecule has 0 bridgehead atoms. The van der Waals surface area contributed by atoms with Gasteiger partial charge in [-0.15, -0.1) is 0 Å². The largest absolute Gasteiger partial charge is 0.508 e. The lowest BCUT2D eigenvalue weighted by Crippen LogP contribution is -2.20. The Morgan fingerprint density at radius 2 is 1.72 bits per heavy atom. The number of fused-ring (bicyclic) bond motifs is 1. The minimum absolute atomic E-state index is 0.0885. The lowest BCUT2D eigenvalue weighted by atomic mass is 9.78. The lowest BCUT2D eigenvalue weighted by molar-refractivity contribution is 0.0998. The van der Waals surface area contributed by atoms with Gasteiger partial charge in [-0.25, -0.2) is 0 Å². The molecule has 0 saturated carbocycles. The van der Waals surface area contributed by atoms with Gasteiger partial charge in [0.25, 0.3) is 0 Å². The van der Waals surface area contributed by atoms with Crippen LogP contribution in [0.4, 0.5) is 0 Å². The highest BCUT2D eigenvalue weighted by Gasteiger charge is 2.24. The Labute approximate surface area is 149 Å². The highest BCUT2D eigenvalue weighted by molar-refractivity contribution is 5.95. The Morgan fingerprint density at radius 1 is 1.08 bits per heavy atom. The van der Waals surface area contributed by atoms with Crippen molar-refractivity contribution in [3.63, 3.8) is 0 Å². The van der Waals surface area contributed by atoms with Crippen LogP contribution in [0.5, 0.6) is 11.5 Å². The number of rotatable bonds is 3. The first-order valence-electron chi connectivity index (χ1n) is 8.89. The Balaban J connectivity index is 0.000000511. The molecule has 4 nitrogen and oxygen atoms in total.